The Kier molecular flexibility index (Phi) is 6.20. The summed E-state index contributed by atoms with van der Waals surface area (Å²) in [5.74, 6) is -0.241. The van der Waals surface area contributed by atoms with Crippen molar-refractivity contribution >= 4 is 39.9 Å². The van der Waals surface area contributed by atoms with Crippen LogP contribution in [0.5, 0.6) is 0 Å². The van der Waals surface area contributed by atoms with Gasteiger partial charge >= 0.3 is 0 Å². The van der Waals surface area contributed by atoms with Crippen LogP contribution in [0.4, 0.5) is 5.13 Å². The van der Waals surface area contributed by atoms with Crippen LogP contribution in [-0.2, 0) is 11.2 Å². The van der Waals surface area contributed by atoms with Crippen LogP contribution >= 0.6 is 22.9 Å². The number of halogens is 1. The number of amides is 2. The highest BCUT2D eigenvalue weighted by Crippen LogP contribution is 2.26. The Bertz CT molecular complexity index is 1050. The third-order valence-electron chi connectivity index (χ3n) is 5.21. The second-order valence-electron chi connectivity index (χ2n) is 7.45. The van der Waals surface area contributed by atoms with Crippen molar-refractivity contribution in [2.75, 3.05) is 18.4 Å². The zero-order chi connectivity index (χ0) is 21.1. The van der Waals surface area contributed by atoms with Crippen LogP contribution in [0.15, 0.2) is 47.2 Å². The predicted molar refractivity (Wildman–Crippen MR) is 117 cm³/mol. The van der Waals surface area contributed by atoms with Crippen molar-refractivity contribution in [2.24, 2.45) is 5.92 Å². The van der Waals surface area contributed by atoms with E-state index >= 15 is 0 Å². The first-order valence-corrected chi connectivity index (χ1v) is 11.0. The smallest absolute Gasteiger partial charge is 0.289 e. The Morgan fingerprint density at radius 3 is 3.00 bits per heavy atom. The molecular formula is C22H22ClN3O3S. The minimum Gasteiger partial charge on any atom is -0.459 e. The molecule has 1 aromatic carbocycles. The maximum Gasteiger partial charge on any atom is 0.289 e. The topological polar surface area (TPSA) is 75.4 Å². The number of hydrogen-bond acceptors (Lipinski definition) is 5. The van der Waals surface area contributed by atoms with Gasteiger partial charge in [0, 0.05) is 35.6 Å². The number of rotatable bonds is 5. The fourth-order valence-electron chi connectivity index (χ4n) is 3.53. The number of anilines is 1. The summed E-state index contributed by atoms with van der Waals surface area (Å²) in [6.07, 6.45) is 5.49. The molecule has 2 amide bonds. The number of nitrogens with one attached hydrogen (secondary N) is 1. The third kappa shape index (κ3) is 4.74. The SMILES string of the molecule is Cc1ccc(Cc2cnc(NC(=O)[C@@H]3CCCN(C(=O)c4ccco4)C3)s2)cc1Cl. The summed E-state index contributed by atoms with van der Waals surface area (Å²) in [6, 6.07) is 9.34. The summed E-state index contributed by atoms with van der Waals surface area (Å²) >= 11 is 7.66. The summed E-state index contributed by atoms with van der Waals surface area (Å²) in [5, 5.41) is 4.23. The van der Waals surface area contributed by atoms with E-state index in [0.29, 0.717) is 30.4 Å². The van der Waals surface area contributed by atoms with Crippen LogP contribution in [0.1, 0.15) is 39.4 Å². The van der Waals surface area contributed by atoms with Gasteiger partial charge in [0.15, 0.2) is 10.9 Å². The van der Waals surface area contributed by atoms with E-state index in [1.807, 2.05) is 25.1 Å². The van der Waals surface area contributed by atoms with Crippen molar-refractivity contribution in [1.82, 2.24) is 9.88 Å². The molecule has 30 heavy (non-hydrogen) atoms. The first kappa shape index (κ1) is 20.6. The van der Waals surface area contributed by atoms with Crippen LogP contribution in [0, 0.1) is 12.8 Å². The maximum absolute atomic E-state index is 12.7. The average Bonchev–Trinajstić information content (AvgIpc) is 3.43. The Balaban J connectivity index is 1.35. The van der Waals surface area contributed by atoms with Gasteiger partial charge in [-0.2, -0.15) is 0 Å². The average molecular weight is 444 g/mol. The molecule has 0 aliphatic carbocycles. The van der Waals surface area contributed by atoms with Gasteiger partial charge in [0.1, 0.15) is 0 Å². The number of carbonyl (C=O) groups excluding carboxylic acids is 2. The molecule has 6 nitrogen and oxygen atoms in total. The van der Waals surface area contributed by atoms with E-state index < -0.39 is 0 Å². The second kappa shape index (κ2) is 9.02. The molecule has 0 bridgehead atoms. The molecule has 1 fully saturated rings. The molecule has 3 heterocycles. The third-order valence-corrected chi connectivity index (χ3v) is 6.53. The summed E-state index contributed by atoms with van der Waals surface area (Å²) < 4.78 is 5.20. The molecule has 8 heteroatoms. The van der Waals surface area contributed by atoms with Gasteiger partial charge in [-0.25, -0.2) is 4.98 Å². The number of benzene rings is 1. The molecule has 1 N–H and O–H groups in total. The molecule has 0 spiro atoms. The van der Waals surface area contributed by atoms with Crippen molar-refractivity contribution in [3.63, 3.8) is 0 Å². The van der Waals surface area contributed by atoms with Gasteiger partial charge in [-0.15, -0.1) is 11.3 Å². The van der Waals surface area contributed by atoms with E-state index in [9.17, 15) is 9.59 Å². The fourth-order valence-corrected chi connectivity index (χ4v) is 4.59. The fraction of sp³-hybridized carbons (Fsp3) is 0.318. The van der Waals surface area contributed by atoms with Gasteiger partial charge in [0.2, 0.25) is 5.91 Å². The highest BCUT2D eigenvalue weighted by molar-refractivity contribution is 7.15. The largest absolute Gasteiger partial charge is 0.459 e. The lowest BCUT2D eigenvalue weighted by molar-refractivity contribution is -0.121. The molecule has 1 atom stereocenters. The van der Waals surface area contributed by atoms with Crippen LogP contribution in [0.2, 0.25) is 5.02 Å². The van der Waals surface area contributed by atoms with Crippen molar-refractivity contribution in [2.45, 2.75) is 26.2 Å². The first-order valence-electron chi connectivity index (χ1n) is 9.83. The van der Waals surface area contributed by atoms with Crippen LogP contribution < -0.4 is 5.32 Å². The molecule has 3 aromatic rings. The molecule has 0 unspecified atom stereocenters. The standard InChI is InChI=1S/C22H22ClN3O3S/c1-14-6-7-15(11-18(14)23)10-17-12-24-22(30-17)25-20(27)16-4-2-8-26(13-16)21(28)19-5-3-9-29-19/h3,5-7,9,11-12,16H,2,4,8,10,13H2,1H3,(H,24,25,27)/t16-/m1/s1. The van der Waals surface area contributed by atoms with Crippen molar-refractivity contribution in [3.05, 3.63) is 69.6 Å². The van der Waals surface area contributed by atoms with Crippen LogP contribution in [0.25, 0.3) is 0 Å². The number of thiazole rings is 1. The van der Waals surface area contributed by atoms with Crippen LogP contribution in [-0.4, -0.2) is 34.8 Å². The summed E-state index contributed by atoms with van der Waals surface area (Å²) in [5.41, 5.74) is 2.15. The van der Waals surface area contributed by atoms with Gasteiger partial charge in [-0.1, -0.05) is 23.7 Å². The maximum atomic E-state index is 12.7. The van der Waals surface area contributed by atoms with E-state index in [2.05, 4.69) is 10.3 Å². The molecule has 2 aromatic heterocycles. The van der Waals surface area contributed by atoms with Gasteiger partial charge in [0.05, 0.1) is 12.2 Å². The molecular weight excluding hydrogens is 422 g/mol. The number of piperidine rings is 1. The molecule has 156 valence electrons. The summed E-state index contributed by atoms with van der Waals surface area (Å²) in [7, 11) is 0. The molecule has 1 aliphatic rings. The number of nitrogens with zero attached hydrogens (tertiary/aromatic N) is 2. The summed E-state index contributed by atoms with van der Waals surface area (Å²) in [4.78, 5) is 32.3. The monoisotopic (exact) mass is 443 g/mol. The highest BCUT2D eigenvalue weighted by Gasteiger charge is 2.30. The number of likely N-dealkylation sites (tertiary alicyclic amines) is 1. The van der Waals surface area contributed by atoms with E-state index in [1.54, 1.807) is 23.2 Å². The second-order valence-corrected chi connectivity index (χ2v) is 8.97. The Morgan fingerprint density at radius 2 is 2.23 bits per heavy atom. The number of carbonyl (C=O) groups is 2. The summed E-state index contributed by atoms with van der Waals surface area (Å²) in [6.45, 7) is 2.98. The van der Waals surface area contributed by atoms with E-state index in [0.717, 1.165) is 33.9 Å². The van der Waals surface area contributed by atoms with Crippen molar-refractivity contribution in [3.8, 4) is 0 Å². The lowest BCUT2D eigenvalue weighted by atomic mass is 9.97. The first-order chi connectivity index (χ1) is 14.5. The minimum absolute atomic E-state index is 0.105. The molecule has 0 saturated carbocycles. The zero-order valence-electron chi connectivity index (χ0n) is 16.6. The van der Waals surface area contributed by atoms with Gasteiger partial charge < -0.3 is 14.6 Å². The number of furan rings is 1. The number of aryl methyl sites for hydroxylation is 1. The molecule has 4 rings (SSSR count). The molecule has 1 saturated heterocycles. The minimum atomic E-state index is -0.263. The Labute approximate surface area is 183 Å². The Hall–Kier alpha value is -2.64. The highest BCUT2D eigenvalue weighted by atomic mass is 35.5. The van der Waals surface area contributed by atoms with Gasteiger partial charge in [0.25, 0.3) is 5.91 Å². The van der Waals surface area contributed by atoms with E-state index in [4.69, 9.17) is 16.0 Å². The van der Waals surface area contributed by atoms with E-state index in [-0.39, 0.29) is 17.7 Å². The number of hydrogen-bond donors (Lipinski definition) is 1. The van der Waals surface area contributed by atoms with Crippen LogP contribution in [0.3, 0.4) is 0 Å². The van der Waals surface area contributed by atoms with E-state index in [1.165, 1.54) is 17.6 Å². The normalized spacial score (nSPS) is 16.5. The Morgan fingerprint density at radius 1 is 1.37 bits per heavy atom. The molecule has 0 radical (unpaired) electrons. The van der Waals surface area contributed by atoms with Crippen molar-refractivity contribution in [1.29, 1.82) is 0 Å². The zero-order valence-corrected chi connectivity index (χ0v) is 18.1. The number of aromatic nitrogens is 1. The predicted octanol–water partition coefficient (Wildman–Crippen LogP) is 4.78. The van der Waals surface area contributed by atoms with Gasteiger partial charge in [-0.05, 0) is 49.1 Å². The quantitative estimate of drug-likeness (QED) is 0.615. The van der Waals surface area contributed by atoms with Crippen molar-refractivity contribution < 1.29 is 14.0 Å². The lowest BCUT2D eigenvalue weighted by Crippen LogP contribution is -2.43. The lowest BCUT2D eigenvalue weighted by Gasteiger charge is -2.31. The van der Waals surface area contributed by atoms with Gasteiger partial charge in [-0.3, -0.25) is 9.59 Å². The molecule has 1 aliphatic heterocycles.